The molecule has 3 rings (SSSR count). The van der Waals surface area contributed by atoms with Crippen molar-refractivity contribution in [2.45, 2.75) is 26.3 Å². The Morgan fingerprint density at radius 3 is 2.41 bits per heavy atom. The van der Waals surface area contributed by atoms with Crippen LogP contribution in [0.4, 0.5) is 14.5 Å². The van der Waals surface area contributed by atoms with Gasteiger partial charge in [0.1, 0.15) is 17.7 Å². The van der Waals surface area contributed by atoms with Crippen molar-refractivity contribution in [3.63, 3.8) is 0 Å². The molecule has 0 radical (unpaired) electrons. The number of nitrogens with one attached hydrogen (secondary N) is 2. The Hall–Kier alpha value is -3.28. The molecule has 3 aromatic carbocycles. The van der Waals surface area contributed by atoms with Gasteiger partial charge in [-0.2, -0.15) is 0 Å². The standard InChI is InChI=1S/C23H22F2N2O2/c1-14(2)22(23(29)26-20-11-10-17(24)13-19(20)25)27-21(28)12-16-8-5-7-15-6-3-4-9-18(15)16/h3-11,13-14,22H,12H2,1-2H3,(H,26,29)(H,27,28)/t22-/m0/s1. The van der Waals surface area contributed by atoms with Crippen molar-refractivity contribution in [1.29, 1.82) is 0 Å². The van der Waals surface area contributed by atoms with E-state index in [0.717, 1.165) is 28.5 Å². The number of carbonyl (C=O) groups excluding carboxylic acids is 2. The quantitative estimate of drug-likeness (QED) is 0.647. The molecule has 0 aliphatic rings. The molecule has 3 aromatic rings. The number of hydrogen-bond acceptors (Lipinski definition) is 2. The summed E-state index contributed by atoms with van der Waals surface area (Å²) in [4.78, 5) is 25.2. The number of hydrogen-bond donors (Lipinski definition) is 2. The third-order valence-corrected chi connectivity index (χ3v) is 4.69. The molecule has 29 heavy (non-hydrogen) atoms. The Morgan fingerprint density at radius 2 is 1.69 bits per heavy atom. The second-order valence-electron chi connectivity index (χ2n) is 7.22. The summed E-state index contributed by atoms with van der Waals surface area (Å²) in [5.41, 5.74) is 0.721. The zero-order valence-corrected chi connectivity index (χ0v) is 16.2. The van der Waals surface area contributed by atoms with E-state index in [1.807, 2.05) is 42.5 Å². The Morgan fingerprint density at radius 1 is 0.966 bits per heavy atom. The maximum Gasteiger partial charge on any atom is 0.247 e. The number of rotatable bonds is 6. The molecule has 0 saturated carbocycles. The molecule has 0 saturated heterocycles. The predicted octanol–water partition coefficient (Wildman–Crippen LogP) is 4.44. The predicted molar refractivity (Wildman–Crippen MR) is 109 cm³/mol. The minimum absolute atomic E-state index is 0.114. The summed E-state index contributed by atoms with van der Waals surface area (Å²) in [5, 5.41) is 7.16. The zero-order valence-electron chi connectivity index (χ0n) is 16.2. The van der Waals surface area contributed by atoms with Crippen LogP contribution in [-0.4, -0.2) is 17.9 Å². The second kappa shape index (κ2) is 8.82. The molecule has 2 amide bonds. The van der Waals surface area contributed by atoms with Crippen LogP contribution in [0.2, 0.25) is 0 Å². The van der Waals surface area contributed by atoms with E-state index in [1.165, 1.54) is 0 Å². The van der Waals surface area contributed by atoms with E-state index < -0.39 is 23.6 Å². The molecule has 150 valence electrons. The summed E-state index contributed by atoms with van der Waals surface area (Å²) in [7, 11) is 0. The highest BCUT2D eigenvalue weighted by Gasteiger charge is 2.25. The van der Waals surface area contributed by atoms with Crippen molar-refractivity contribution in [3.8, 4) is 0 Å². The van der Waals surface area contributed by atoms with Crippen LogP contribution in [0.3, 0.4) is 0 Å². The minimum atomic E-state index is -0.872. The lowest BCUT2D eigenvalue weighted by molar-refractivity contribution is -0.127. The molecular formula is C23H22F2N2O2. The molecule has 0 heterocycles. The van der Waals surface area contributed by atoms with Gasteiger partial charge in [-0.25, -0.2) is 8.78 Å². The fourth-order valence-electron chi connectivity index (χ4n) is 3.18. The first-order valence-electron chi connectivity index (χ1n) is 9.37. The molecule has 6 heteroatoms. The van der Waals surface area contributed by atoms with Crippen molar-refractivity contribution in [1.82, 2.24) is 5.32 Å². The number of benzene rings is 3. The van der Waals surface area contributed by atoms with Crippen LogP contribution in [0.5, 0.6) is 0 Å². The molecule has 2 N–H and O–H groups in total. The van der Waals surface area contributed by atoms with Crippen LogP contribution in [0, 0.1) is 17.6 Å². The zero-order chi connectivity index (χ0) is 21.0. The summed E-state index contributed by atoms with van der Waals surface area (Å²) in [6, 6.07) is 15.5. The van der Waals surface area contributed by atoms with Gasteiger partial charge in [-0.1, -0.05) is 56.3 Å². The highest BCUT2D eigenvalue weighted by Crippen LogP contribution is 2.19. The molecule has 0 aliphatic carbocycles. The Kier molecular flexibility index (Phi) is 6.22. The van der Waals surface area contributed by atoms with E-state index in [2.05, 4.69) is 10.6 Å². The Labute approximate surface area is 167 Å². The first-order chi connectivity index (χ1) is 13.8. The van der Waals surface area contributed by atoms with Crippen LogP contribution < -0.4 is 10.6 Å². The van der Waals surface area contributed by atoms with Gasteiger partial charge < -0.3 is 10.6 Å². The van der Waals surface area contributed by atoms with Gasteiger partial charge in [-0.05, 0) is 34.4 Å². The van der Waals surface area contributed by atoms with Gasteiger partial charge >= 0.3 is 0 Å². The third-order valence-electron chi connectivity index (χ3n) is 4.69. The summed E-state index contributed by atoms with van der Waals surface area (Å²) < 4.78 is 26.9. The number of fused-ring (bicyclic) bond motifs is 1. The topological polar surface area (TPSA) is 58.2 Å². The normalized spacial score (nSPS) is 12.0. The highest BCUT2D eigenvalue weighted by atomic mass is 19.1. The van der Waals surface area contributed by atoms with Crippen molar-refractivity contribution in [2.24, 2.45) is 5.92 Å². The van der Waals surface area contributed by atoms with E-state index in [4.69, 9.17) is 0 Å². The van der Waals surface area contributed by atoms with E-state index >= 15 is 0 Å². The second-order valence-corrected chi connectivity index (χ2v) is 7.22. The molecule has 0 unspecified atom stereocenters. The maximum atomic E-state index is 13.8. The minimum Gasteiger partial charge on any atom is -0.344 e. The van der Waals surface area contributed by atoms with Gasteiger partial charge in [0.15, 0.2) is 0 Å². The lowest BCUT2D eigenvalue weighted by atomic mass is 10.00. The monoisotopic (exact) mass is 396 g/mol. The lowest BCUT2D eigenvalue weighted by Gasteiger charge is -2.22. The SMILES string of the molecule is CC(C)[C@H](NC(=O)Cc1cccc2ccccc12)C(=O)Nc1ccc(F)cc1F. The average Bonchev–Trinajstić information content (AvgIpc) is 2.68. The molecule has 0 aromatic heterocycles. The van der Waals surface area contributed by atoms with Gasteiger partial charge in [0.2, 0.25) is 11.8 Å². The van der Waals surface area contributed by atoms with Crippen LogP contribution in [-0.2, 0) is 16.0 Å². The summed E-state index contributed by atoms with van der Waals surface area (Å²) in [6.07, 6.45) is 0.114. The van der Waals surface area contributed by atoms with Crippen molar-refractivity contribution in [3.05, 3.63) is 77.9 Å². The summed E-state index contributed by atoms with van der Waals surface area (Å²) in [5.74, 6) is -2.70. The fourth-order valence-corrected chi connectivity index (χ4v) is 3.18. The van der Waals surface area contributed by atoms with Gasteiger partial charge in [0, 0.05) is 6.07 Å². The molecule has 1 atom stereocenters. The van der Waals surface area contributed by atoms with E-state index in [-0.39, 0.29) is 23.9 Å². The van der Waals surface area contributed by atoms with Crippen LogP contribution >= 0.6 is 0 Å². The number of anilines is 1. The van der Waals surface area contributed by atoms with Gasteiger partial charge in [-0.3, -0.25) is 9.59 Å². The number of amides is 2. The third kappa shape index (κ3) is 4.96. The van der Waals surface area contributed by atoms with Crippen LogP contribution in [0.1, 0.15) is 19.4 Å². The molecule has 4 nitrogen and oxygen atoms in total. The fraction of sp³-hybridized carbons (Fsp3) is 0.217. The highest BCUT2D eigenvalue weighted by molar-refractivity contribution is 5.98. The Balaban J connectivity index is 1.72. The van der Waals surface area contributed by atoms with Crippen molar-refractivity contribution in [2.75, 3.05) is 5.32 Å². The number of halogens is 2. The first-order valence-corrected chi connectivity index (χ1v) is 9.37. The lowest BCUT2D eigenvalue weighted by Crippen LogP contribution is -2.47. The Bertz CT molecular complexity index is 1040. The largest absolute Gasteiger partial charge is 0.344 e. The van der Waals surface area contributed by atoms with Crippen molar-refractivity contribution < 1.29 is 18.4 Å². The molecule has 0 fully saturated rings. The van der Waals surface area contributed by atoms with Gasteiger partial charge in [0.05, 0.1) is 12.1 Å². The van der Waals surface area contributed by atoms with E-state index in [0.29, 0.717) is 6.07 Å². The van der Waals surface area contributed by atoms with Crippen LogP contribution in [0.25, 0.3) is 10.8 Å². The van der Waals surface area contributed by atoms with Gasteiger partial charge in [0.25, 0.3) is 0 Å². The molecule has 0 bridgehead atoms. The molecule has 0 aliphatic heterocycles. The first kappa shape index (κ1) is 20.5. The van der Waals surface area contributed by atoms with E-state index in [1.54, 1.807) is 13.8 Å². The average molecular weight is 396 g/mol. The van der Waals surface area contributed by atoms with Crippen LogP contribution in [0.15, 0.2) is 60.7 Å². The smallest absolute Gasteiger partial charge is 0.247 e. The van der Waals surface area contributed by atoms with Gasteiger partial charge in [-0.15, -0.1) is 0 Å². The van der Waals surface area contributed by atoms with Crippen molar-refractivity contribution >= 4 is 28.3 Å². The maximum absolute atomic E-state index is 13.8. The number of carbonyl (C=O) groups is 2. The molecular weight excluding hydrogens is 374 g/mol. The summed E-state index contributed by atoms with van der Waals surface area (Å²) in [6.45, 7) is 3.56. The summed E-state index contributed by atoms with van der Waals surface area (Å²) >= 11 is 0. The van der Waals surface area contributed by atoms with E-state index in [9.17, 15) is 18.4 Å². The molecule has 0 spiro atoms.